The molecule has 6 heterocycles. The van der Waals surface area contributed by atoms with Crippen molar-refractivity contribution in [3.8, 4) is 6.07 Å². The number of hydrogen-bond donors (Lipinski definition) is 0. The molecular weight excluding hydrogens is 2150 g/mol. The van der Waals surface area contributed by atoms with Crippen LogP contribution < -0.4 is 33.8 Å². The van der Waals surface area contributed by atoms with E-state index in [4.69, 9.17) is 89.8 Å². The van der Waals surface area contributed by atoms with Crippen LogP contribution in [0.25, 0.3) is 65.8 Å². The maximum absolute atomic E-state index is 13.3. The molecule has 0 aliphatic carbocycles. The Balaban J connectivity index is 0.000000140. The zero-order valence-corrected chi connectivity index (χ0v) is 82.9. The summed E-state index contributed by atoms with van der Waals surface area (Å²) < 4.78 is 223. The lowest BCUT2D eigenvalue weighted by atomic mass is 9.87. The van der Waals surface area contributed by atoms with E-state index in [0.717, 1.165) is 43.8 Å². The third-order valence-electron chi connectivity index (χ3n) is 20.1. The van der Waals surface area contributed by atoms with Crippen molar-refractivity contribution in [1.82, 2.24) is 0 Å². The summed E-state index contributed by atoms with van der Waals surface area (Å²) in [4.78, 5) is 68.2. The second kappa shape index (κ2) is 41.1. The number of hydrogen-bond acceptors (Lipinski definition) is 25. The van der Waals surface area contributed by atoms with Crippen molar-refractivity contribution in [2.45, 2.75) is 98.8 Å². The summed E-state index contributed by atoms with van der Waals surface area (Å²) in [5.41, 5.74) is -1.45. The van der Waals surface area contributed by atoms with Crippen molar-refractivity contribution in [1.29, 1.82) is 5.26 Å². The van der Waals surface area contributed by atoms with Crippen molar-refractivity contribution in [3.05, 3.63) is 415 Å². The normalized spacial score (nSPS) is 11.8. The van der Waals surface area contributed by atoms with Crippen LogP contribution in [0.4, 0.5) is 13.2 Å². The lowest BCUT2D eigenvalue weighted by Crippen LogP contribution is -2.15. The second-order valence-corrected chi connectivity index (χ2v) is 46.2. The van der Waals surface area contributed by atoms with Gasteiger partial charge in [-0.1, -0.05) is 159 Å². The first kappa shape index (κ1) is 103. The summed E-state index contributed by atoms with van der Waals surface area (Å²) in [5.74, 6) is -2.86. The Bertz CT molecular complexity index is 9200. The number of nitrogens with zero attached hydrogens (tertiary/aromatic N) is 1. The van der Waals surface area contributed by atoms with Gasteiger partial charge in [-0.3, -0.25) is 0 Å². The zero-order valence-electron chi connectivity index (χ0n) is 71.0. The van der Waals surface area contributed by atoms with Crippen molar-refractivity contribution in [2.75, 3.05) is 0 Å². The Hall–Kier alpha value is -12.7. The summed E-state index contributed by atoms with van der Waals surface area (Å²) in [7, 11) is -24.7. The quantitative estimate of drug-likeness (QED) is 0.103. The van der Waals surface area contributed by atoms with Crippen LogP contribution in [0.1, 0.15) is 43.0 Å². The van der Waals surface area contributed by atoms with Gasteiger partial charge in [-0.2, -0.15) is 5.26 Å². The first-order chi connectivity index (χ1) is 64.8. The molecule has 6 aromatic heterocycles. The van der Waals surface area contributed by atoms with Crippen LogP contribution in [-0.4, -0.2) is 50.5 Å². The molecule has 0 radical (unpaired) electrons. The summed E-state index contributed by atoms with van der Waals surface area (Å²) in [6.45, 7) is 9.76. The fourth-order valence-electron chi connectivity index (χ4n) is 13.0. The Morgan fingerprint density at radius 3 is 0.884 bits per heavy atom. The van der Waals surface area contributed by atoms with Gasteiger partial charge in [0.15, 0.2) is 29.4 Å². The molecule has 0 unspecified atom stereocenters. The van der Waals surface area contributed by atoms with Crippen LogP contribution in [0, 0.1) is 42.6 Å². The smallest absolute Gasteiger partial charge is 0.355 e. The maximum Gasteiger partial charge on any atom is 0.355 e. The van der Waals surface area contributed by atoms with Crippen LogP contribution >= 0.6 is 89.9 Å². The summed E-state index contributed by atoms with van der Waals surface area (Å²) in [6.07, 6.45) is 0. The van der Waals surface area contributed by atoms with Gasteiger partial charge in [-0.25, -0.2) is 92.4 Å². The molecule has 0 atom stereocenters. The topological polar surface area (TPSA) is 410 Å². The number of sulfone groups is 6. The lowest BCUT2D eigenvalue weighted by Gasteiger charge is -2.19. The predicted molar refractivity (Wildman–Crippen MR) is 519 cm³/mol. The van der Waals surface area contributed by atoms with Gasteiger partial charge in [0.1, 0.15) is 50.9 Å². The van der Waals surface area contributed by atoms with Crippen molar-refractivity contribution in [2.24, 2.45) is 0 Å². The Labute approximate surface area is 822 Å². The predicted octanol–water partition coefficient (Wildman–Crippen LogP) is 22.8. The SMILES string of the molecule is CC(C)(C)c1ccc(S(=O)(=O)c2cc3cc(Br)ccc3oc2=O)cc1.Cc1ccc(S(=O)(=O)c2cc3cc(Br)ccc3oc2=O)cc1.Cc1ccc(S(=O)(=O)c2cc3cc(Cl)ccc3oc2=O)cc1Cl.N#Cc1cccc(S(=O)(=O)c2cc3cc(Cl)ccc3oc2=O)c1.O=c1oc2ccc(Cl)cc2cc1S(=O)(=O)c1cc(F)cc(F)c1.O=c1oc2ccc(Cl)cc2cc1S(=O)(=O)c1cccc(F)c1. The molecule has 0 bridgehead atoms. The van der Waals surface area contributed by atoms with E-state index in [0.29, 0.717) is 81.4 Å². The first-order valence-corrected chi connectivity index (χ1v) is 51.8. The molecule has 41 heteroatoms. The van der Waals surface area contributed by atoms with E-state index in [1.54, 1.807) is 79.7 Å². The van der Waals surface area contributed by atoms with Gasteiger partial charge in [0, 0.05) is 72.4 Å². The molecule has 18 aromatic rings. The Morgan fingerprint density at radius 2 is 0.565 bits per heavy atom. The summed E-state index contributed by atoms with van der Waals surface area (Å²) in [6, 6.07) is 66.1. The second-order valence-electron chi connectivity index (χ2n) is 30.7. The van der Waals surface area contributed by atoms with Crippen LogP contribution in [0.15, 0.2) is 402 Å². The number of nitriles is 1. The number of aryl methyl sites for hydroxylation is 2. The third kappa shape index (κ3) is 23.1. The molecule has 18 rings (SSSR count). The van der Waals surface area contributed by atoms with Crippen LogP contribution in [-0.2, 0) is 64.4 Å². The number of fused-ring (bicyclic) bond motifs is 6. The van der Waals surface area contributed by atoms with Gasteiger partial charge in [-0.15, -0.1) is 0 Å². The Morgan fingerprint density at radius 1 is 0.290 bits per heavy atom. The minimum absolute atomic E-state index is 0.0678. The van der Waals surface area contributed by atoms with Crippen LogP contribution in [0.5, 0.6) is 0 Å². The van der Waals surface area contributed by atoms with E-state index in [-0.39, 0.29) is 73.0 Å². The van der Waals surface area contributed by atoms with Gasteiger partial charge in [-0.05, 0) is 261 Å². The van der Waals surface area contributed by atoms with Gasteiger partial charge in [0.25, 0.3) is 0 Å². The third-order valence-corrected chi connectivity index (χ3v) is 32.8. The van der Waals surface area contributed by atoms with Crippen molar-refractivity contribution < 1.29 is 90.2 Å². The number of halogens is 10. The van der Waals surface area contributed by atoms with Gasteiger partial charge < -0.3 is 26.5 Å². The van der Waals surface area contributed by atoms with Crippen LogP contribution in [0.3, 0.4) is 0 Å². The molecule has 25 nitrogen and oxygen atoms in total. The monoisotopic (exact) mass is 2200 g/mol. The standard InChI is InChI=1S/C19H17BrO4S.C16H11BrO4S.C16H10Cl2O4S.C16H8ClNO4S.C15H7ClF2O4S.C15H8ClFO4S/c1-19(2,3)13-4-7-15(8-5-13)25(22,23)17-11-12-10-14(20)6-9-16(12)24-18(17)21;1-10-2-5-13(6-3-10)22(19,20)15-9-11-8-12(17)4-7-14(11)21-16(15)18;1-9-2-4-12(8-13(9)18)23(20,21)15-7-10-6-11(17)3-5-14(10)22-16(15)19;17-12-4-5-14-11(7-12)8-15(16(19)22-14)23(20,21)13-3-1-2-10(6-13)9-18;16-9-1-2-13-8(3-9)4-14(15(19)22-13)23(20,21)12-6-10(17)5-11(18)7-12;16-10-4-5-13-9(6-10)7-14(15(18)21-13)22(19,20)12-3-1-2-11(17)8-12/h4-11H,1-3H3;2-9H,1H3;2-8H,1H3;1-8H;1-7H;1-8H. The highest BCUT2D eigenvalue weighted by molar-refractivity contribution is 9.10. The van der Waals surface area contributed by atoms with E-state index in [2.05, 4.69) is 31.9 Å². The maximum atomic E-state index is 13.3. The fourth-order valence-corrected chi connectivity index (χ4v) is 22.6. The summed E-state index contributed by atoms with van der Waals surface area (Å²) in [5, 5.41) is 13.2. The van der Waals surface area contributed by atoms with E-state index < -0.39 is 135 Å². The summed E-state index contributed by atoms with van der Waals surface area (Å²) >= 11 is 36.0. The molecule has 704 valence electrons. The minimum atomic E-state index is -4.45. The number of benzene rings is 12. The molecule has 0 amide bonds. The molecule has 12 aromatic carbocycles. The largest absolute Gasteiger partial charge is 0.422 e. The average molecular weight is 2210 g/mol. The minimum Gasteiger partial charge on any atom is -0.422 e. The average Bonchev–Trinajstić information content (AvgIpc) is 0.787. The highest BCUT2D eigenvalue weighted by Crippen LogP contribution is 2.35. The molecule has 0 N–H and O–H groups in total. The highest BCUT2D eigenvalue weighted by Gasteiger charge is 2.31. The highest BCUT2D eigenvalue weighted by atomic mass is 79.9. The molecule has 0 saturated carbocycles. The molecule has 0 saturated heterocycles. The number of rotatable bonds is 12. The lowest BCUT2D eigenvalue weighted by molar-refractivity contribution is 0.530. The van der Waals surface area contributed by atoms with E-state index >= 15 is 0 Å². The van der Waals surface area contributed by atoms with E-state index in [9.17, 15) is 92.4 Å². The molecule has 0 aliphatic heterocycles. The molecule has 0 aliphatic rings. The zero-order chi connectivity index (χ0) is 100. The molecule has 0 fully saturated rings. The van der Waals surface area contributed by atoms with Gasteiger partial charge >= 0.3 is 33.8 Å². The molecular formula is C97H61Br2Cl5F3NO24S6. The van der Waals surface area contributed by atoms with Gasteiger partial charge in [0.2, 0.25) is 59.0 Å². The fraction of sp³-hybridized carbons (Fsp3) is 0.0619. The van der Waals surface area contributed by atoms with E-state index in [1.807, 2.05) is 33.8 Å². The van der Waals surface area contributed by atoms with Gasteiger partial charge in [0.05, 0.1) is 41.0 Å². The van der Waals surface area contributed by atoms with Crippen molar-refractivity contribution >= 4 is 215 Å². The first-order valence-electron chi connectivity index (χ1n) is 39.4. The molecule has 0 spiro atoms. The van der Waals surface area contributed by atoms with Crippen LogP contribution in [0.2, 0.25) is 25.1 Å². The molecule has 138 heavy (non-hydrogen) atoms. The van der Waals surface area contributed by atoms with E-state index in [1.165, 1.54) is 170 Å². The van der Waals surface area contributed by atoms with Crippen molar-refractivity contribution in [3.63, 3.8) is 0 Å². The Kier molecular flexibility index (Phi) is 30.6.